The highest BCUT2D eigenvalue weighted by Crippen LogP contribution is 2.50. The van der Waals surface area contributed by atoms with E-state index in [0.717, 1.165) is 48.0 Å². The molecule has 4 aliphatic carbocycles. The second-order valence-electron chi connectivity index (χ2n) is 12.2. The van der Waals surface area contributed by atoms with Crippen LogP contribution >= 0.6 is 0 Å². The lowest BCUT2D eigenvalue weighted by Gasteiger charge is -2.46. The van der Waals surface area contributed by atoms with Gasteiger partial charge in [-0.25, -0.2) is 13.2 Å². The van der Waals surface area contributed by atoms with Crippen molar-refractivity contribution in [1.29, 1.82) is 0 Å². The monoisotopic (exact) mass is 472 g/mol. The first-order valence-electron chi connectivity index (χ1n) is 14.3. The van der Waals surface area contributed by atoms with Gasteiger partial charge in [0.05, 0.1) is 0 Å². The summed E-state index contributed by atoms with van der Waals surface area (Å²) >= 11 is 0. The van der Waals surface area contributed by atoms with Crippen molar-refractivity contribution in [3.63, 3.8) is 0 Å². The Kier molecular flexibility index (Phi) is 7.76. The summed E-state index contributed by atoms with van der Waals surface area (Å²) in [7, 11) is 0. The first-order chi connectivity index (χ1) is 16.5. The van der Waals surface area contributed by atoms with E-state index < -0.39 is 17.5 Å². The molecular formula is C31H43F3. The summed E-state index contributed by atoms with van der Waals surface area (Å²) in [5.74, 6) is 2.67. The van der Waals surface area contributed by atoms with Gasteiger partial charge in [0.25, 0.3) is 0 Å². The van der Waals surface area contributed by atoms with Gasteiger partial charge in [-0.15, -0.1) is 0 Å². The fraction of sp³-hybridized carbons (Fsp3) is 0.742. The molecule has 0 aliphatic heterocycles. The summed E-state index contributed by atoms with van der Waals surface area (Å²) in [5.41, 5.74) is 1.14. The number of rotatable bonds is 5. The lowest BCUT2D eigenvalue weighted by Crippen LogP contribution is -2.35. The molecule has 3 saturated carbocycles. The molecule has 4 aliphatic rings. The molecule has 1 aromatic carbocycles. The fourth-order valence-electron chi connectivity index (χ4n) is 8.55. The molecule has 0 bridgehead atoms. The van der Waals surface area contributed by atoms with Gasteiger partial charge in [0.15, 0.2) is 17.5 Å². The SMILES string of the molecule is C/C=C/CCC1CCC2CC(C3CCC(C4CCc5c(cc(F)c(F)c5F)C4)CC3)CCC2C1. The van der Waals surface area contributed by atoms with E-state index in [1.807, 2.05) is 0 Å². The van der Waals surface area contributed by atoms with Crippen LogP contribution in [0.4, 0.5) is 13.2 Å². The van der Waals surface area contributed by atoms with Crippen LogP contribution in [0.1, 0.15) is 102 Å². The Labute approximate surface area is 204 Å². The van der Waals surface area contributed by atoms with Crippen LogP contribution in [-0.2, 0) is 12.8 Å². The van der Waals surface area contributed by atoms with E-state index in [2.05, 4.69) is 19.1 Å². The second kappa shape index (κ2) is 10.8. The maximum atomic E-state index is 14.2. The Morgan fingerprint density at radius 1 is 0.735 bits per heavy atom. The molecule has 0 aromatic heterocycles. The average Bonchev–Trinajstić information content (AvgIpc) is 2.87. The minimum absolute atomic E-state index is 0.428. The summed E-state index contributed by atoms with van der Waals surface area (Å²) in [5, 5.41) is 0. The van der Waals surface area contributed by atoms with Gasteiger partial charge < -0.3 is 0 Å². The van der Waals surface area contributed by atoms with Crippen LogP contribution in [0.5, 0.6) is 0 Å². The minimum atomic E-state index is -1.30. The highest BCUT2D eigenvalue weighted by atomic mass is 19.2. The van der Waals surface area contributed by atoms with Crippen molar-refractivity contribution in [3.05, 3.63) is 46.8 Å². The smallest absolute Gasteiger partial charge is 0.194 e. The van der Waals surface area contributed by atoms with Crippen LogP contribution < -0.4 is 0 Å². The highest BCUT2D eigenvalue weighted by Gasteiger charge is 2.40. The van der Waals surface area contributed by atoms with Crippen molar-refractivity contribution in [2.24, 2.45) is 41.4 Å². The molecule has 0 amide bonds. The van der Waals surface area contributed by atoms with Gasteiger partial charge in [0, 0.05) is 0 Å². The number of hydrogen-bond donors (Lipinski definition) is 0. The Hall–Kier alpha value is -1.25. The highest BCUT2D eigenvalue weighted by molar-refractivity contribution is 5.33. The summed E-state index contributed by atoms with van der Waals surface area (Å²) in [6, 6.07) is 1.26. The van der Waals surface area contributed by atoms with Crippen LogP contribution in [0.3, 0.4) is 0 Å². The first-order valence-corrected chi connectivity index (χ1v) is 14.3. The Bertz CT molecular complexity index is 866. The molecule has 34 heavy (non-hydrogen) atoms. The molecule has 0 nitrogen and oxygen atoms in total. The zero-order valence-electron chi connectivity index (χ0n) is 21.0. The number of benzene rings is 1. The van der Waals surface area contributed by atoms with Gasteiger partial charge in [0.1, 0.15) is 0 Å². The maximum absolute atomic E-state index is 14.2. The van der Waals surface area contributed by atoms with E-state index in [0.29, 0.717) is 23.8 Å². The van der Waals surface area contributed by atoms with Crippen LogP contribution in [0.25, 0.3) is 0 Å². The number of hydrogen-bond acceptors (Lipinski definition) is 0. The quantitative estimate of drug-likeness (QED) is 0.296. The summed E-state index contributed by atoms with van der Waals surface area (Å²) in [6.45, 7) is 2.13. The van der Waals surface area contributed by atoms with Crippen LogP contribution in [-0.4, -0.2) is 0 Å². The summed E-state index contributed by atoms with van der Waals surface area (Å²) in [6.07, 6.45) is 23.4. The molecule has 188 valence electrons. The predicted molar refractivity (Wildman–Crippen MR) is 133 cm³/mol. The zero-order chi connectivity index (χ0) is 23.7. The normalized spacial score (nSPS) is 36.3. The maximum Gasteiger partial charge on any atom is 0.194 e. The van der Waals surface area contributed by atoms with Crippen LogP contribution in [0.15, 0.2) is 18.2 Å². The Morgan fingerprint density at radius 2 is 1.35 bits per heavy atom. The number of halogens is 3. The molecule has 3 heteroatoms. The van der Waals surface area contributed by atoms with Crippen LogP contribution in [0.2, 0.25) is 0 Å². The Balaban J connectivity index is 1.10. The largest absolute Gasteiger partial charge is 0.204 e. The molecule has 1 aromatic rings. The van der Waals surface area contributed by atoms with Gasteiger partial charge in [-0.05, 0) is 155 Å². The van der Waals surface area contributed by atoms with E-state index in [4.69, 9.17) is 0 Å². The first kappa shape index (κ1) is 24.4. The molecule has 3 fully saturated rings. The van der Waals surface area contributed by atoms with Gasteiger partial charge >= 0.3 is 0 Å². The fourth-order valence-corrected chi connectivity index (χ4v) is 8.55. The van der Waals surface area contributed by atoms with E-state index in [-0.39, 0.29) is 0 Å². The van der Waals surface area contributed by atoms with Crippen molar-refractivity contribution in [1.82, 2.24) is 0 Å². The third-order valence-electron chi connectivity index (χ3n) is 10.5. The molecule has 5 unspecified atom stereocenters. The standard InChI is InChI=1S/C31H43F3/c1-2-3-4-5-20-6-7-26-17-24(13-12-23(26)16-20)21-8-10-22(11-9-21)25-14-15-28-27(18-25)19-29(32)31(34)30(28)33/h2-3,19-26H,4-18H2,1H3/b3-2+. The van der Waals surface area contributed by atoms with Crippen molar-refractivity contribution in [2.75, 3.05) is 0 Å². The van der Waals surface area contributed by atoms with E-state index in [1.165, 1.54) is 83.1 Å². The average molecular weight is 473 g/mol. The number of allylic oxidation sites excluding steroid dienone is 2. The lowest BCUT2D eigenvalue weighted by atomic mass is 9.60. The molecular weight excluding hydrogens is 429 g/mol. The van der Waals surface area contributed by atoms with Gasteiger partial charge in [-0.3, -0.25) is 0 Å². The minimum Gasteiger partial charge on any atom is -0.204 e. The van der Waals surface area contributed by atoms with Crippen molar-refractivity contribution >= 4 is 0 Å². The van der Waals surface area contributed by atoms with Gasteiger partial charge in [0.2, 0.25) is 0 Å². The van der Waals surface area contributed by atoms with E-state index >= 15 is 0 Å². The van der Waals surface area contributed by atoms with Crippen molar-refractivity contribution in [2.45, 2.75) is 103 Å². The van der Waals surface area contributed by atoms with Gasteiger partial charge in [-0.2, -0.15) is 0 Å². The molecule has 0 spiro atoms. The Morgan fingerprint density at radius 3 is 2.09 bits per heavy atom. The van der Waals surface area contributed by atoms with E-state index in [9.17, 15) is 13.2 Å². The van der Waals surface area contributed by atoms with Crippen LogP contribution in [0, 0.1) is 58.9 Å². The molecule has 5 rings (SSSR count). The third kappa shape index (κ3) is 5.14. The summed E-state index contributed by atoms with van der Waals surface area (Å²) in [4.78, 5) is 0. The molecule has 0 heterocycles. The predicted octanol–water partition coefficient (Wildman–Crippen LogP) is 9.20. The van der Waals surface area contributed by atoms with Crippen molar-refractivity contribution in [3.8, 4) is 0 Å². The summed E-state index contributed by atoms with van der Waals surface area (Å²) < 4.78 is 41.6. The van der Waals surface area contributed by atoms with Crippen molar-refractivity contribution < 1.29 is 13.2 Å². The van der Waals surface area contributed by atoms with E-state index in [1.54, 1.807) is 0 Å². The molecule has 0 saturated heterocycles. The number of fused-ring (bicyclic) bond motifs is 2. The zero-order valence-corrected chi connectivity index (χ0v) is 21.0. The lowest BCUT2D eigenvalue weighted by molar-refractivity contribution is 0.0533. The van der Waals surface area contributed by atoms with Gasteiger partial charge in [-0.1, -0.05) is 18.6 Å². The third-order valence-corrected chi connectivity index (χ3v) is 10.5. The molecule has 0 N–H and O–H groups in total. The topological polar surface area (TPSA) is 0 Å². The second-order valence-corrected chi connectivity index (χ2v) is 12.2. The molecule has 5 atom stereocenters. The molecule has 0 radical (unpaired) electrons.